The van der Waals surface area contributed by atoms with Crippen molar-refractivity contribution in [3.63, 3.8) is 0 Å². The van der Waals surface area contributed by atoms with Crippen LogP contribution in [-0.4, -0.2) is 19.3 Å². The van der Waals surface area contributed by atoms with E-state index in [1.807, 2.05) is 48.5 Å². The van der Waals surface area contributed by atoms with Crippen molar-refractivity contribution in [3.8, 4) is 11.5 Å². The molecular formula is C16H18O3. The summed E-state index contributed by atoms with van der Waals surface area (Å²) in [6.07, 6.45) is 0.0262. The summed E-state index contributed by atoms with van der Waals surface area (Å²) >= 11 is 0. The third kappa shape index (κ3) is 3.26. The zero-order chi connectivity index (χ0) is 13.7. The molecule has 0 radical (unpaired) electrons. The third-order valence-electron chi connectivity index (χ3n) is 3.06. The lowest BCUT2D eigenvalue weighted by atomic mass is 10.0. The van der Waals surface area contributed by atoms with E-state index in [1.54, 1.807) is 14.2 Å². The minimum absolute atomic E-state index is 0.554. The number of ether oxygens (including phenoxy) is 2. The van der Waals surface area contributed by atoms with E-state index in [0.29, 0.717) is 17.9 Å². The van der Waals surface area contributed by atoms with Crippen molar-refractivity contribution >= 4 is 0 Å². The Morgan fingerprint density at radius 1 is 0.947 bits per heavy atom. The Labute approximate surface area is 113 Å². The van der Waals surface area contributed by atoms with Gasteiger partial charge in [0.15, 0.2) is 11.5 Å². The van der Waals surface area contributed by atoms with Gasteiger partial charge in [-0.25, -0.2) is 0 Å². The monoisotopic (exact) mass is 258 g/mol. The predicted molar refractivity (Wildman–Crippen MR) is 74.7 cm³/mol. The number of aliphatic hydroxyl groups excluding tert-OH is 1. The van der Waals surface area contributed by atoms with Gasteiger partial charge in [-0.05, 0) is 23.3 Å². The number of methoxy groups -OCH3 is 2. The van der Waals surface area contributed by atoms with E-state index in [1.165, 1.54) is 0 Å². The lowest BCUT2D eigenvalue weighted by molar-refractivity contribution is 0.178. The largest absolute Gasteiger partial charge is 0.493 e. The van der Waals surface area contributed by atoms with E-state index in [-0.39, 0.29) is 0 Å². The second-order valence-corrected chi connectivity index (χ2v) is 4.32. The molecule has 0 aromatic heterocycles. The smallest absolute Gasteiger partial charge is 0.161 e. The number of hydrogen-bond acceptors (Lipinski definition) is 3. The maximum absolute atomic E-state index is 10.3. The molecule has 2 aromatic rings. The van der Waals surface area contributed by atoms with Crippen molar-refractivity contribution in [1.82, 2.24) is 0 Å². The van der Waals surface area contributed by atoms with Crippen LogP contribution in [0.15, 0.2) is 48.5 Å². The molecular weight excluding hydrogens is 240 g/mol. The molecule has 0 bridgehead atoms. The first-order valence-corrected chi connectivity index (χ1v) is 6.18. The normalized spacial score (nSPS) is 11.9. The molecule has 2 rings (SSSR count). The van der Waals surface area contributed by atoms with Crippen LogP contribution in [0.2, 0.25) is 0 Å². The van der Waals surface area contributed by atoms with Crippen LogP contribution in [0.4, 0.5) is 0 Å². The average Bonchev–Trinajstić information content (AvgIpc) is 2.47. The van der Waals surface area contributed by atoms with Crippen molar-refractivity contribution in [2.24, 2.45) is 0 Å². The molecule has 3 heteroatoms. The Morgan fingerprint density at radius 3 is 2.26 bits per heavy atom. The first-order valence-electron chi connectivity index (χ1n) is 6.18. The summed E-state index contributed by atoms with van der Waals surface area (Å²) in [7, 11) is 3.18. The van der Waals surface area contributed by atoms with Crippen LogP contribution >= 0.6 is 0 Å². The van der Waals surface area contributed by atoms with Gasteiger partial charge in [0.05, 0.1) is 20.3 Å². The standard InChI is InChI=1S/C16H18O3/c1-18-15-9-8-13(11-16(15)19-2)14(17)10-12-6-4-3-5-7-12/h3-9,11,14,17H,10H2,1-2H3. The lowest BCUT2D eigenvalue weighted by Crippen LogP contribution is -2.02. The molecule has 0 spiro atoms. The average molecular weight is 258 g/mol. The van der Waals surface area contributed by atoms with Crippen LogP contribution in [0.5, 0.6) is 11.5 Å². The molecule has 0 amide bonds. The van der Waals surface area contributed by atoms with Crippen LogP contribution in [0.3, 0.4) is 0 Å². The highest BCUT2D eigenvalue weighted by Crippen LogP contribution is 2.30. The van der Waals surface area contributed by atoms with Crippen LogP contribution in [0.1, 0.15) is 17.2 Å². The molecule has 3 nitrogen and oxygen atoms in total. The Hall–Kier alpha value is -2.00. The molecule has 0 heterocycles. The molecule has 19 heavy (non-hydrogen) atoms. The topological polar surface area (TPSA) is 38.7 Å². The van der Waals surface area contributed by atoms with E-state index in [0.717, 1.165) is 11.1 Å². The summed E-state index contributed by atoms with van der Waals surface area (Å²) in [6.45, 7) is 0. The van der Waals surface area contributed by atoms with Crippen molar-refractivity contribution in [2.75, 3.05) is 14.2 Å². The van der Waals surface area contributed by atoms with Crippen LogP contribution < -0.4 is 9.47 Å². The number of aliphatic hydroxyl groups is 1. The maximum Gasteiger partial charge on any atom is 0.161 e. The van der Waals surface area contributed by atoms with E-state index >= 15 is 0 Å². The Bertz CT molecular complexity index is 523. The fourth-order valence-corrected chi connectivity index (χ4v) is 2.02. The van der Waals surface area contributed by atoms with Gasteiger partial charge in [-0.15, -0.1) is 0 Å². The van der Waals surface area contributed by atoms with Gasteiger partial charge >= 0.3 is 0 Å². The molecule has 1 atom stereocenters. The van der Waals surface area contributed by atoms with Crippen molar-refractivity contribution in [3.05, 3.63) is 59.7 Å². The molecule has 2 aromatic carbocycles. The van der Waals surface area contributed by atoms with Gasteiger partial charge in [0.2, 0.25) is 0 Å². The molecule has 0 aliphatic rings. The third-order valence-corrected chi connectivity index (χ3v) is 3.06. The summed E-state index contributed by atoms with van der Waals surface area (Å²) in [5.74, 6) is 1.30. The quantitative estimate of drug-likeness (QED) is 0.896. The first-order chi connectivity index (χ1) is 9.24. The SMILES string of the molecule is COc1ccc(C(O)Cc2ccccc2)cc1OC. The van der Waals surface area contributed by atoms with Crippen molar-refractivity contribution in [2.45, 2.75) is 12.5 Å². The van der Waals surface area contributed by atoms with E-state index in [9.17, 15) is 5.11 Å². The molecule has 0 aliphatic carbocycles. The summed E-state index contributed by atoms with van der Waals surface area (Å²) < 4.78 is 10.4. The van der Waals surface area contributed by atoms with E-state index in [2.05, 4.69) is 0 Å². The van der Waals surface area contributed by atoms with Crippen molar-refractivity contribution < 1.29 is 14.6 Å². The fourth-order valence-electron chi connectivity index (χ4n) is 2.02. The van der Waals surface area contributed by atoms with Gasteiger partial charge in [0.1, 0.15) is 0 Å². The zero-order valence-corrected chi connectivity index (χ0v) is 11.2. The molecule has 0 fully saturated rings. The highest BCUT2D eigenvalue weighted by molar-refractivity contribution is 5.43. The molecule has 0 aliphatic heterocycles. The number of hydrogen-bond donors (Lipinski definition) is 1. The van der Waals surface area contributed by atoms with Crippen LogP contribution in [0, 0.1) is 0 Å². The van der Waals surface area contributed by atoms with Gasteiger partial charge in [0, 0.05) is 6.42 Å². The van der Waals surface area contributed by atoms with E-state index < -0.39 is 6.10 Å². The second kappa shape index (κ2) is 6.25. The summed E-state index contributed by atoms with van der Waals surface area (Å²) in [4.78, 5) is 0. The number of rotatable bonds is 5. The summed E-state index contributed by atoms with van der Waals surface area (Å²) in [5.41, 5.74) is 1.92. The van der Waals surface area contributed by atoms with Crippen LogP contribution in [0.25, 0.3) is 0 Å². The molecule has 0 saturated carbocycles. The summed E-state index contributed by atoms with van der Waals surface area (Å²) in [6, 6.07) is 15.4. The molecule has 0 saturated heterocycles. The second-order valence-electron chi connectivity index (χ2n) is 4.32. The number of benzene rings is 2. The molecule has 100 valence electrons. The minimum Gasteiger partial charge on any atom is -0.493 e. The highest BCUT2D eigenvalue weighted by atomic mass is 16.5. The van der Waals surface area contributed by atoms with Gasteiger partial charge in [-0.1, -0.05) is 36.4 Å². The molecule has 1 N–H and O–H groups in total. The van der Waals surface area contributed by atoms with E-state index in [4.69, 9.17) is 9.47 Å². The highest BCUT2D eigenvalue weighted by Gasteiger charge is 2.12. The van der Waals surface area contributed by atoms with Crippen LogP contribution in [-0.2, 0) is 6.42 Å². The predicted octanol–water partition coefficient (Wildman–Crippen LogP) is 2.98. The van der Waals surface area contributed by atoms with Gasteiger partial charge < -0.3 is 14.6 Å². The molecule has 1 unspecified atom stereocenters. The first kappa shape index (κ1) is 13.4. The van der Waals surface area contributed by atoms with Crippen molar-refractivity contribution in [1.29, 1.82) is 0 Å². The fraction of sp³-hybridized carbons (Fsp3) is 0.250. The minimum atomic E-state index is -0.554. The van der Waals surface area contributed by atoms with Gasteiger partial charge in [-0.2, -0.15) is 0 Å². The zero-order valence-electron chi connectivity index (χ0n) is 11.2. The Kier molecular flexibility index (Phi) is 4.42. The Morgan fingerprint density at radius 2 is 1.63 bits per heavy atom. The maximum atomic E-state index is 10.3. The lowest BCUT2D eigenvalue weighted by Gasteiger charge is -2.14. The van der Waals surface area contributed by atoms with Gasteiger partial charge in [-0.3, -0.25) is 0 Å². The summed E-state index contributed by atoms with van der Waals surface area (Å²) in [5, 5.41) is 10.3. The van der Waals surface area contributed by atoms with Gasteiger partial charge in [0.25, 0.3) is 0 Å². The Balaban J connectivity index is 2.17.